The van der Waals surface area contributed by atoms with Gasteiger partial charge in [-0.25, -0.2) is 13.1 Å². The standard InChI is InChI=1S/C19H32N4O5S.HI/c1-20-19(22-13-15-7-8-17(26-2)18(12-15)27-3)21-9-11-29(24,25)23-14-16-6-4-5-10-28-16;/h7-8,12,16,23H,4-6,9-11,13-14H2,1-3H3,(H2,20,21,22);1H. The van der Waals surface area contributed by atoms with Gasteiger partial charge in [-0.1, -0.05) is 6.07 Å². The molecule has 1 fully saturated rings. The molecule has 1 atom stereocenters. The quantitative estimate of drug-likeness (QED) is 0.228. The number of ether oxygens (including phenoxy) is 3. The Balaban J connectivity index is 0.00000450. The minimum absolute atomic E-state index is 0. The van der Waals surface area contributed by atoms with Gasteiger partial charge in [-0.2, -0.15) is 0 Å². The van der Waals surface area contributed by atoms with Crippen molar-refractivity contribution < 1.29 is 22.6 Å². The number of nitrogens with zero attached hydrogens (tertiary/aromatic N) is 1. The van der Waals surface area contributed by atoms with Gasteiger partial charge in [0.15, 0.2) is 17.5 Å². The molecule has 1 aromatic rings. The van der Waals surface area contributed by atoms with Gasteiger partial charge in [0.25, 0.3) is 0 Å². The number of guanidine groups is 1. The average molecular weight is 556 g/mol. The first-order valence-corrected chi connectivity index (χ1v) is 11.4. The van der Waals surface area contributed by atoms with Crippen molar-refractivity contribution >= 4 is 40.0 Å². The number of methoxy groups -OCH3 is 2. The van der Waals surface area contributed by atoms with E-state index in [2.05, 4.69) is 20.3 Å². The van der Waals surface area contributed by atoms with Crippen LogP contribution in [0.2, 0.25) is 0 Å². The summed E-state index contributed by atoms with van der Waals surface area (Å²) in [5.41, 5.74) is 0.979. The van der Waals surface area contributed by atoms with Crippen molar-refractivity contribution in [2.75, 3.05) is 46.7 Å². The predicted molar refractivity (Wildman–Crippen MR) is 129 cm³/mol. The topological polar surface area (TPSA) is 110 Å². The third kappa shape index (κ3) is 9.23. The lowest BCUT2D eigenvalue weighted by molar-refractivity contribution is 0.0200. The van der Waals surface area contributed by atoms with Crippen molar-refractivity contribution in [3.8, 4) is 11.5 Å². The largest absolute Gasteiger partial charge is 0.493 e. The van der Waals surface area contributed by atoms with E-state index in [1.807, 2.05) is 18.2 Å². The van der Waals surface area contributed by atoms with E-state index in [1.54, 1.807) is 21.3 Å². The van der Waals surface area contributed by atoms with Crippen molar-refractivity contribution in [2.24, 2.45) is 4.99 Å². The van der Waals surface area contributed by atoms with Crippen molar-refractivity contribution in [3.05, 3.63) is 23.8 Å². The molecule has 3 N–H and O–H groups in total. The average Bonchev–Trinajstić information content (AvgIpc) is 2.75. The molecule has 0 spiro atoms. The molecule has 11 heteroatoms. The molecule has 0 aliphatic carbocycles. The number of aliphatic imine (C=N–C) groups is 1. The second kappa shape index (κ2) is 13.9. The minimum Gasteiger partial charge on any atom is -0.493 e. The van der Waals surface area contributed by atoms with Crippen LogP contribution in [0.5, 0.6) is 11.5 Å². The van der Waals surface area contributed by atoms with E-state index in [4.69, 9.17) is 14.2 Å². The van der Waals surface area contributed by atoms with Crippen LogP contribution >= 0.6 is 24.0 Å². The monoisotopic (exact) mass is 556 g/mol. The third-order valence-electron chi connectivity index (χ3n) is 4.60. The summed E-state index contributed by atoms with van der Waals surface area (Å²) in [5, 5.41) is 6.17. The summed E-state index contributed by atoms with van der Waals surface area (Å²) in [7, 11) is 1.44. The summed E-state index contributed by atoms with van der Waals surface area (Å²) < 4.78 is 43.0. The maximum atomic E-state index is 12.2. The first kappa shape index (κ1) is 26.7. The Morgan fingerprint density at radius 2 is 1.97 bits per heavy atom. The molecule has 0 aromatic heterocycles. The van der Waals surface area contributed by atoms with Gasteiger partial charge in [0.2, 0.25) is 10.0 Å². The van der Waals surface area contributed by atoms with Gasteiger partial charge in [0.05, 0.1) is 26.1 Å². The molecule has 1 heterocycles. The Bertz CT molecular complexity index is 770. The van der Waals surface area contributed by atoms with E-state index in [1.165, 1.54) is 0 Å². The molecular weight excluding hydrogens is 523 g/mol. The van der Waals surface area contributed by atoms with E-state index in [9.17, 15) is 8.42 Å². The molecular formula is C19H33IN4O5S. The molecule has 172 valence electrons. The first-order valence-electron chi connectivity index (χ1n) is 9.71. The van der Waals surface area contributed by atoms with Gasteiger partial charge >= 0.3 is 0 Å². The molecule has 30 heavy (non-hydrogen) atoms. The molecule has 1 unspecified atom stereocenters. The number of hydrogen-bond acceptors (Lipinski definition) is 6. The second-order valence-corrected chi connectivity index (χ2v) is 8.62. The van der Waals surface area contributed by atoms with E-state index in [0.29, 0.717) is 37.2 Å². The highest BCUT2D eigenvalue weighted by Gasteiger charge is 2.17. The van der Waals surface area contributed by atoms with Crippen LogP contribution in [0.1, 0.15) is 24.8 Å². The molecule has 2 rings (SSSR count). The van der Waals surface area contributed by atoms with Crippen LogP contribution in [-0.4, -0.2) is 67.2 Å². The van der Waals surface area contributed by atoms with Gasteiger partial charge < -0.3 is 24.8 Å². The Morgan fingerprint density at radius 3 is 2.60 bits per heavy atom. The number of sulfonamides is 1. The van der Waals surface area contributed by atoms with Crippen LogP contribution in [0, 0.1) is 0 Å². The summed E-state index contributed by atoms with van der Waals surface area (Å²) in [5.74, 6) is 1.78. The summed E-state index contributed by atoms with van der Waals surface area (Å²) in [4.78, 5) is 4.12. The van der Waals surface area contributed by atoms with Crippen LogP contribution < -0.4 is 24.8 Å². The lowest BCUT2D eigenvalue weighted by Gasteiger charge is -2.22. The van der Waals surface area contributed by atoms with Gasteiger partial charge in [-0.05, 0) is 37.0 Å². The molecule has 9 nitrogen and oxygen atoms in total. The van der Waals surface area contributed by atoms with Crippen LogP contribution in [0.4, 0.5) is 0 Å². The normalized spacial score (nSPS) is 17.0. The Labute approximate surface area is 196 Å². The van der Waals surface area contributed by atoms with Crippen LogP contribution in [0.15, 0.2) is 23.2 Å². The molecule has 1 saturated heterocycles. The predicted octanol–water partition coefficient (Wildman–Crippen LogP) is 1.48. The highest BCUT2D eigenvalue weighted by molar-refractivity contribution is 14.0. The fraction of sp³-hybridized carbons (Fsp3) is 0.632. The SMILES string of the molecule is CN=C(NCCS(=O)(=O)NCC1CCCCO1)NCc1ccc(OC)c(OC)c1.I. The number of nitrogens with one attached hydrogen (secondary N) is 3. The van der Waals surface area contributed by atoms with Gasteiger partial charge in [-0.15, -0.1) is 24.0 Å². The smallest absolute Gasteiger partial charge is 0.213 e. The maximum absolute atomic E-state index is 12.2. The van der Waals surface area contributed by atoms with Crippen molar-refractivity contribution in [1.82, 2.24) is 15.4 Å². The molecule has 1 aliphatic heterocycles. The van der Waals surface area contributed by atoms with Crippen molar-refractivity contribution in [3.63, 3.8) is 0 Å². The van der Waals surface area contributed by atoms with Gasteiger partial charge in [0, 0.05) is 33.3 Å². The highest BCUT2D eigenvalue weighted by Crippen LogP contribution is 2.27. The van der Waals surface area contributed by atoms with Crippen LogP contribution in [0.3, 0.4) is 0 Å². The van der Waals surface area contributed by atoms with Crippen LogP contribution in [-0.2, 0) is 21.3 Å². The zero-order valence-corrected chi connectivity index (χ0v) is 20.9. The van der Waals surface area contributed by atoms with Gasteiger partial charge in [0.1, 0.15) is 0 Å². The van der Waals surface area contributed by atoms with Crippen LogP contribution in [0.25, 0.3) is 0 Å². The number of hydrogen-bond donors (Lipinski definition) is 3. The summed E-state index contributed by atoms with van der Waals surface area (Å²) in [6, 6.07) is 5.63. The highest BCUT2D eigenvalue weighted by atomic mass is 127. The second-order valence-electron chi connectivity index (χ2n) is 6.70. The Morgan fingerprint density at radius 1 is 1.20 bits per heavy atom. The van der Waals surface area contributed by atoms with E-state index in [-0.39, 0.29) is 42.4 Å². The zero-order chi connectivity index (χ0) is 21.1. The van der Waals surface area contributed by atoms with Crippen molar-refractivity contribution in [2.45, 2.75) is 31.9 Å². The summed E-state index contributed by atoms with van der Waals surface area (Å²) in [6.45, 7) is 1.78. The molecule has 1 aromatic carbocycles. The molecule has 0 amide bonds. The van der Waals surface area contributed by atoms with Gasteiger partial charge in [-0.3, -0.25) is 4.99 Å². The fourth-order valence-corrected chi connectivity index (χ4v) is 3.92. The Kier molecular flexibility index (Phi) is 12.4. The van der Waals surface area contributed by atoms with E-state index >= 15 is 0 Å². The number of halogens is 1. The Hall–Kier alpha value is -1.31. The van der Waals surface area contributed by atoms with Crippen molar-refractivity contribution in [1.29, 1.82) is 0 Å². The number of rotatable bonds is 10. The maximum Gasteiger partial charge on any atom is 0.213 e. The lowest BCUT2D eigenvalue weighted by Crippen LogP contribution is -2.42. The molecule has 0 saturated carbocycles. The molecule has 0 bridgehead atoms. The first-order chi connectivity index (χ1) is 14.0. The molecule has 0 radical (unpaired) electrons. The van der Waals surface area contributed by atoms with E-state index in [0.717, 1.165) is 24.8 Å². The zero-order valence-electron chi connectivity index (χ0n) is 17.8. The minimum atomic E-state index is -3.37. The summed E-state index contributed by atoms with van der Waals surface area (Å²) >= 11 is 0. The van der Waals surface area contributed by atoms with E-state index < -0.39 is 10.0 Å². The molecule has 1 aliphatic rings. The number of benzene rings is 1. The summed E-state index contributed by atoms with van der Waals surface area (Å²) in [6.07, 6.45) is 2.99. The fourth-order valence-electron chi connectivity index (χ4n) is 2.96. The third-order valence-corrected chi connectivity index (χ3v) is 5.95. The lowest BCUT2D eigenvalue weighted by atomic mass is 10.1.